The summed E-state index contributed by atoms with van der Waals surface area (Å²) in [5.74, 6) is -1.53. The molecule has 0 fully saturated rings. The summed E-state index contributed by atoms with van der Waals surface area (Å²) in [5.41, 5.74) is 4.03. The molecule has 2 aromatic carbocycles. The number of hydrogen-bond donors (Lipinski definition) is 0. The predicted molar refractivity (Wildman–Crippen MR) is 97.2 cm³/mol. The highest BCUT2D eigenvalue weighted by Crippen LogP contribution is 2.33. The van der Waals surface area contributed by atoms with Gasteiger partial charge in [-0.05, 0) is 29.5 Å². The molecule has 2 aromatic rings. The van der Waals surface area contributed by atoms with E-state index < -0.39 is 5.97 Å². The van der Waals surface area contributed by atoms with E-state index in [-0.39, 0.29) is 24.8 Å². The number of carbonyl (C=O) groups excluding carboxylic acids is 2. The van der Waals surface area contributed by atoms with Crippen LogP contribution in [0.2, 0.25) is 0 Å². The SMILES string of the molecule is CCc1ccc([C@H]2CC(c3ccccc3)=NN2C(=O)CCC(=O)[O-])cc1. The average Bonchev–Trinajstić information content (AvgIpc) is 3.12. The molecular weight excluding hydrogens is 328 g/mol. The molecule has 1 aliphatic rings. The van der Waals surface area contributed by atoms with Crippen molar-refractivity contribution in [1.29, 1.82) is 0 Å². The van der Waals surface area contributed by atoms with Crippen molar-refractivity contribution in [2.45, 2.75) is 38.6 Å². The minimum Gasteiger partial charge on any atom is -0.550 e. The van der Waals surface area contributed by atoms with Crippen molar-refractivity contribution in [3.05, 3.63) is 71.3 Å². The van der Waals surface area contributed by atoms with Gasteiger partial charge in [-0.3, -0.25) is 4.79 Å². The highest BCUT2D eigenvalue weighted by Gasteiger charge is 2.32. The van der Waals surface area contributed by atoms with Crippen molar-refractivity contribution in [1.82, 2.24) is 5.01 Å². The van der Waals surface area contributed by atoms with Crippen molar-refractivity contribution >= 4 is 17.6 Å². The van der Waals surface area contributed by atoms with Gasteiger partial charge in [-0.15, -0.1) is 0 Å². The van der Waals surface area contributed by atoms with Crippen molar-refractivity contribution in [2.24, 2.45) is 5.10 Å². The quantitative estimate of drug-likeness (QED) is 0.804. The Hall–Kier alpha value is -2.95. The fraction of sp³-hybridized carbons (Fsp3) is 0.286. The number of rotatable bonds is 6. The highest BCUT2D eigenvalue weighted by molar-refractivity contribution is 6.03. The zero-order valence-electron chi connectivity index (χ0n) is 14.7. The second-order valence-electron chi connectivity index (χ2n) is 6.34. The van der Waals surface area contributed by atoms with Gasteiger partial charge in [-0.1, -0.05) is 61.5 Å². The lowest BCUT2D eigenvalue weighted by Gasteiger charge is -2.22. The van der Waals surface area contributed by atoms with Gasteiger partial charge < -0.3 is 9.90 Å². The maximum atomic E-state index is 12.6. The zero-order valence-corrected chi connectivity index (χ0v) is 14.7. The van der Waals surface area contributed by atoms with Gasteiger partial charge in [0, 0.05) is 18.8 Å². The van der Waals surface area contributed by atoms with Gasteiger partial charge in [0.25, 0.3) is 0 Å². The fourth-order valence-electron chi connectivity index (χ4n) is 3.10. The number of nitrogens with zero attached hydrogens (tertiary/aromatic N) is 2. The molecule has 0 N–H and O–H groups in total. The number of carbonyl (C=O) groups is 2. The molecule has 0 saturated heterocycles. The monoisotopic (exact) mass is 349 g/mol. The lowest BCUT2D eigenvalue weighted by atomic mass is 9.97. The summed E-state index contributed by atoms with van der Waals surface area (Å²) in [6.45, 7) is 2.09. The Labute approximate surface area is 153 Å². The highest BCUT2D eigenvalue weighted by atomic mass is 16.4. The van der Waals surface area contributed by atoms with E-state index in [2.05, 4.69) is 24.2 Å². The van der Waals surface area contributed by atoms with Crippen LogP contribution in [-0.2, 0) is 16.0 Å². The van der Waals surface area contributed by atoms with Crippen LogP contribution in [0.4, 0.5) is 0 Å². The number of aryl methyl sites for hydroxylation is 1. The molecule has 3 rings (SSSR count). The van der Waals surface area contributed by atoms with E-state index in [1.54, 1.807) is 0 Å². The molecular formula is C21H21N2O3-. The van der Waals surface area contributed by atoms with Crippen LogP contribution in [0.1, 0.15) is 48.9 Å². The predicted octanol–water partition coefficient (Wildman–Crippen LogP) is 2.46. The van der Waals surface area contributed by atoms with Gasteiger partial charge in [0.2, 0.25) is 5.91 Å². The van der Waals surface area contributed by atoms with Crippen LogP contribution in [0.3, 0.4) is 0 Å². The molecule has 0 aromatic heterocycles. The fourth-order valence-corrected chi connectivity index (χ4v) is 3.10. The van der Waals surface area contributed by atoms with Gasteiger partial charge in [0.05, 0.1) is 11.8 Å². The maximum Gasteiger partial charge on any atom is 0.243 e. The number of benzene rings is 2. The summed E-state index contributed by atoms with van der Waals surface area (Å²) < 4.78 is 0. The van der Waals surface area contributed by atoms with Crippen LogP contribution in [0.15, 0.2) is 59.7 Å². The molecule has 0 unspecified atom stereocenters. The molecule has 0 aliphatic carbocycles. The molecule has 0 saturated carbocycles. The van der Waals surface area contributed by atoms with E-state index in [9.17, 15) is 14.7 Å². The van der Waals surface area contributed by atoms with Crippen molar-refractivity contribution in [3.63, 3.8) is 0 Å². The third-order valence-corrected chi connectivity index (χ3v) is 4.59. The van der Waals surface area contributed by atoms with Crippen LogP contribution in [0.5, 0.6) is 0 Å². The Morgan fingerprint density at radius 2 is 1.77 bits per heavy atom. The van der Waals surface area contributed by atoms with Crippen LogP contribution in [-0.4, -0.2) is 22.6 Å². The molecule has 1 atom stereocenters. The van der Waals surface area contributed by atoms with E-state index in [0.29, 0.717) is 6.42 Å². The Morgan fingerprint density at radius 1 is 1.08 bits per heavy atom. The molecule has 134 valence electrons. The zero-order chi connectivity index (χ0) is 18.5. The first kappa shape index (κ1) is 17.9. The summed E-state index contributed by atoms with van der Waals surface area (Å²) in [6.07, 6.45) is 1.14. The lowest BCUT2D eigenvalue weighted by Crippen LogP contribution is -2.29. The summed E-state index contributed by atoms with van der Waals surface area (Å²) in [4.78, 5) is 23.3. The number of hydrogen-bond acceptors (Lipinski definition) is 4. The molecule has 1 heterocycles. The third-order valence-electron chi connectivity index (χ3n) is 4.59. The second-order valence-corrected chi connectivity index (χ2v) is 6.34. The van der Waals surface area contributed by atoms with Crippen molar-refractivity contribution in [3.8, 4) is 0 Å². The van der Waals surface area contributed by atoms with Crippen molar-refractivity contribution < 1.29 is 14.7 Å². The Bertz CT molecular complexity index is 813. The Balaban J connectivity index is 1.88. The normalized spacial score (nSPS) is 16.4. The van der Waals surface area contributed by atoms with E-state index in [4.69, 9.17) is 0 Å². The molecule has 0 spiro atoms. The number of amides is 1. The topological polar surface area (TPSA) is 72.8 Å². The molecule has 5 nitrogen and oxygen atoms in total. The van der Waals surface area contributed by atoms with Crippen LogP contribution in [0.25, 0.3) is 0 Å². The summed E-state index contributed by atoms with van der Waals surface area (Å²) in [6, 6.07) is 17.7. The van der Waals surface area contributed by atoms with E-state index in [1.165, 1.54) is 10.6 Å². The molecule has 0 bridgehead atoms. The summed E-state index contributed by atoms with van der Waals surface area (Å²) in [7, 11) is 0. The van der Waals surface area contributed by atoms with E-state index >= 15 is 0 Å². The largest absolute Gasteiger partial charge is 0.550 e. The van der Waals surface area contributed by atoms with Gasteiger partial charge in [-0.25, -0.2) is 5.01 Å². The van der Waals surface area contributed by atoms with Gasteiger partial charge >= 0.3 is 0 Å². The Kier molecular flexibility index (Phi) is 5.46. The summed E-state index contributed by atoms with van der Waals surface area (Å²) in [5, 5.41) is 16.7. The van der Waals surface area contributed by atoms with Gasteiger partial charge in [0.1, 0.15) is 0 Å². The molecule has 26 heavy (non-hydrogen) atoms. The average molecular weight is 349 g/mol. The number of aliphatic carboxylic acids is 1. The van der Waals surface area contributed by atoms with Crippen LogP contribution in [0, 0.1) is 0 Å². The van der Waals surface area contributed by atoms with Crippen LogP contribution >= 0.6 is 0 Å². The lowest BCUT2D eigenvalue weighted by molar-refractivity contribution is -0.305. The second kappa shape index (κ2) is 7.95. The van der Waals surface area contributed by atoms with Crippen LogP contribution < -0.4 is 5.11 Å². The molecule has 0 radical (unpaired) electrons. The first-order valence-corrected chi connectivity index (χ1v) is 8.82. The standard InChI is InChI=1S/C21H22N2O3/c1-2-15-8-10-17(11-9-15)19-14-18(16-6-4-3-5-7-16)22-23(19)20(24)12-13-21(25)26/h3-11,19H,2,12-14H2,1H3,(H,25,26)/p-1/t19-/m1/s1. The number of carboxylic acids is 1. The smallest absolute Gasteiger partial charge is 0.243 e. The Morgan fingerprint density at radius 3 is 2.38 bits per heavy atom. The number of hydrazone groups is 1. The van der Waals surface area contributed by atoms with E-state index in [1.807, 2.05) is 42.5 Å². The first-order valence-electron chi connectivity index (χ1n) is 8.82. The minimum absolute atomic E-state index is 0.114. The summed E-state index contributed by atoms with van der Waals surface area (Å²) >= 11 is 0. The number of carboxylic acid groups (broad SMARTS) is 1. The molecule has 1 amide bonds. The minimum atomic E-state index is -1.23. The molecule has 5 heteroatoms. The van der Waals surface area contributed by atoms with Crippen molar-refractivity contribution in [2.75, 3.05) is 0 Å². The maximum absolute atomic E-state index is 12.6. The van der Waals surface area contributed by atoms with Gasteiger partial charge in [0.15, 0.2) is 0 Å². The first-order chi connectivity index (χ1) is 12.6. The van der Waals surface area contributed by atoms with Gasteiger partial charge in [-0.2, -0.15) is 5.10 Å². The van der Waals surface area contributed by atoms with E-state index in [0.717, 1.165) is 23.3 Å². The third kappa shape index (κ3) is 3.99. The molecule has 1 aliphatic heterocycles.